The summed E-state index contributed by atoms with van der Waals surface area (Å²) < 4.78 is 5.13. The van der Waals surface area contributed by atoms with E-state index in [1.54, 1.807) is 13.8 Å². The lowest BCUT2D eigenvalue weighted by Gasteiger charge is -2.20. The average molecular weight is 291 g/mol. The number of thiazole rings is 1. The van der Waals surface area contributed by atoms with Gasteiger partial charge in [0.15, 0.2) is 5.13 Å². The molecule has 5 nitrogen and oxygen atoms in total. The van der Waals surface area contributed by atoms with E-state index in [4.69, 9.17) is 10.5 Å². The SMILES string of the molecule is COC(C)(C)C(=O)Nc1nc(-c2cccc(N)c2)cs1. The fraction of sp³-hybridized carbons (Fsp3) is 0.286. The molecule has 3 N–H and O–H groups in total. The summed E-state index contributed by atoms with van der Waals surface area (Å²) >= 11 is 1.37. The summed E-state index contributed by atoms with van der Waals surface area (Å²) in [4.78, 5) is 16.4. The van der Waals surface area contributed by atoms with Crippen molar-refractivity contribution in [3.8, 4) is 11.3 Å². The first-order chi connectivity index (χ1) is 9.42. The van der Waals surface area contributed by atoms with Crippen LogP contribution in [0.4, 0.5) is 10.8 Å². The number of carbonyl (C=O) groups is 1. The maximum Gasteiger partial charge on any atom is 0.257 e. The van der Waals surface area contributed by atoms with Gasteiger partial charge >= 0.3 is 0 Å². The highest BCUT2D eigenvalue weighted by molar-refractivity contribution is 7.14. The smallest absolute Gasteiger partial charge is 0.257 e. The second-order valence-electron chi connectivity index (χ2n) is 4.83. The lowest BCUT2D eigenvalue weighted by atomic mass is 10.1. The summed E-state index contributed by atoms with van der Waals surface area (Å²) in [5.74, 6) is -0.228. The molecule has 0 spiro atoms. The zero-order valence-electron chi connectivity index (χ0n) is 11.6. The molecule has 0 aliphatic rings. The Labute approximate surface area is 121 Å². The van der Waals surface area contributed by atoms with Gasteiger partial charge in [-0.1, -0.05) is 12.1 Å². The zero-order chi connectivity index (χ0) is 14.8. The van der Waals surface area contributed by atoms with E-state index in [1.807, 2.05) is 29.6 Å². The summed E-state index contributed by atoms with van der Waals surface area (Å²) in [5, 5.41) is 5.17. The Morgan fingerprint density at radius 1 is 1.45 bits per heavy atom. The maximum atomic E-state index is 12.0. The molecular weight excluding hydrogens is 274 g/mol. The van der Waals surface area contributed by atoms with Gasteiger partial charge in [-0.3, -0.25) is 10.1 Å². The van der Waals surface area contributed by atoms with Gasteiger partial charge in [-0.2, -0.15) is 0 Å². The standard InChI is InChI=1S/C14H17N3O2S/c1-14(2,19-3)12(18)17-13-16-11(8-20-13)9-5-4-6-10(15)7-9/h4-8H,15H2,1-3H3,(H,16,17,18). The van der Waals surface area contributed by atoms with Gasteiger partial charge in [0.1, 0.15) is 5.60 Å². The second-order valence-corrected chi connectivity index (χ2v) is 5.69. The predicted molar refractivity (Wildman–Crippen MR) is 81.7 cm³/mol. The fourth-order valence-corrected chi connectivity index (χ4v) is 2.22. The number of aromatic nitrogens is 1. The third-order valence-corrected chi connectivity index (χ3v) is 3.72. The molecule has 0 bridgehead atoms. The van der Waals surface area contributed by atoms with Crippen LogP contribution in [0.1, 0.15) is 13.8 Å². The summed E-state index contributed by atoms with van der Waals surface area (Å²) in [6.07, 6.45) is 0. The molecule has 6 heteroatoms. The molecule has 2 aromatic rings. The van der Waals surface area contributed by atoms with Crippen molar-refractivity contribution >= 4 is 28.1 Å². The van der Waals surface area contributed by atoms with Crippen LogP contribution in [0.2, 0.25) is 0 Å². The predicted octanol–water partition coefficient (Wildman–Crippen LogP) is 2.76. The molecule has 1 amide bonds. The first kappa shape index (κ1) is 14.5. The molecule has 0 atom stereocenters. The monoisotopic (exact) mass is 291 g/mol. The Balaban J connectivity index is 2.16. The normalized spacial score (nSPS) is 11.3. The van der Waals surface area contributed by atoms with E-state index >= 15 is 0 Å². The Morgan fingerprint density at radius 2 is 2.20 bits per heavy atom. The van der Waals surface area contributed by atoms with Crippen LogP contribution in [0.25, 0.3) is 11.3 Å². The number of hydrogen-bond acceptors (Lipinski definition) is 5. The summed E-state index contributed by atoms with van der Waals surface area (Å²) in [6, 6.07) is 7.46. The fourth-order valence-electron chi connectivity index (χ4n) is 1.50. The molecule has 1 aromatic carbocycles. The molecule has 2 rings (SSSR count). The van der Waals surface area contributed by atoms with Crippen molar-refractivity contribution in [1.29, 1.82) is 0 Å². The van der Waals surface area contributed by atoms with Crippen molar-refractivity contribution in [3.63, 3.8) is 0 Å². The summed E-state index contributed by atoms with van der Waals surface area (Å²) in [6.45, 7) is 3.41. The largest absolute Gasteiger partial charge is 0.399 e. The number of rotatable bonds is 4. The van der Waals surface area contributed by atoms with Crippen LogP contribution in [-0.2, 0) is 9.53 Å². The molecule has 106 valence electrons. The Hall–Kier alpha value is -1.92. The average Bonchev–Trinajstić information content (AvgIpc) is 2.87. The zero-order valence-corrected chi connectivity index (χ0v) is 12.5. The number of benzene rings is 1. The van der Waals surface area contributed by atoms with Crippen molar-refractivity contribution in [2.75, 3.05) is 18.2 Å². The van der Waals surface area contributed by atoms with Crippen LogP contribution in [0.5, 0.6) is 0 Å². The van der Waals surface area contributed by atoms with Crippen molar-refractivity contribution in [1.82, 2.24) is 4.98 Å². The number of nitrogens with one attached hydrogen (secondary N) is 1. The number of amides is 1. The lowest BCUT2D eigenvalue weighted by Crippen LogP contribution is -2.38. The summed E-state index contributed by atoms with van der Waals surface area (Å²) in [5.41, 5.74) is 7.25. The molecule has 0 saturated heterocycles. The highest BCUT2D eigenvalue weighted by Gasteiger charge is 2.27. The highest BCUT2D eigenvalue weighted by atomic mass is 32.1. The van der Waals surface area contributed by atoms with E-state index in [2.05, 4.69) is 10.3 Å². The first-order valence-corrected chi connectivity index (χ1v) is 6.98. The number of methoxy groups -OCH3 is 1. The minimum atomic E-state index is -0.886. The Bertz CT molecular complexity index is 622. The quantitative estimate of drug-likeness (QED) is 0.849. The van der Waals surface area contributed by atoms with Crippen LogP contribution in [-0.4, -0.2) is 23.6 Å². The highest BCUT2D eigenvalue weighted by Crippen LogP contribution is 2.26. The molecule has 0 saturated carbocycles. The molecule has 1 heterocycles. The van der Waals surface area contributed by atoms with E-state index in [0.29, 0.717) is 10.8 Å². The van der Waals surface area contributed by atoms with Crippen LogP contribution in [0, 0.1) is 0 Å². The number of ether oxygens (including phenoxy) is 1. The van der Waals surface area contributed by atoms with E-state index in [-0.39, 0.29) is 5.91 Å². The second kappa shape index (κ2) is 5.60. The van der Waals surface area contributed by atoms with Gasteiger partial charge in [-0.25, -0.2) is 4.98 Å². The van der Waals surface area contributed by atoms with Crippen LogP contribution >= 0.6 is 11.3 Å². The Kier molecular flexibility index (Phi) is 4.06. The number of nitrogens with two attached hydrogens (primary N) is 1. The van der Waals surface area contributed by atoms with Gasteiger partial charge in [0.2, 0.25) is 0 Å². The van der Waals surface area contributed by atoms with Crippen LogP contribution in [0.3, 0.4) is 0 Å². The third kappa shape index (κ3) is 3.15. The number of carbonyl (C=O) groups excluding carboxylic acids is 1. The van der Waals surface area contributed by atoms with Gasteiger partial charge < -0.3 is 10.5 Å². The maximum absolute atomic E-state index is 12.0. The van der Waals surface area contributed by atoms with E-state index in [0.717, 1.165) is 11.3 Å². The van der Waals surface area contributed by atoms with Crippen molar-refractivity contribution in [2.24, 2.45) is 0 Å². The minimum absolute atomic E-state index is 0.228. The van der Waals surface area contributed by atoms with Crippen molar-refractivity contribution in [3.05, 3.63) is 29.6 Å². The molecule has 20 heavy (non-hydrogen) atoms. The number of nitrogens with zero attached hydrogens (tertiary/aromatic N) is 1. The minimum Gasteiger partial charge on any atom is -0.399 e. The van der Waals surface area contributed by atoms with E-state index in [1.165, 1.54) is 18.4 Å². The summed E-state index contributed by atoms with van der Waals surface area (Å²) in [7, 11) is 1.50. The van der Waals surface area contributed by atoms with E-state index < -0.39 is 5.60 Å². The molecule has 0 aliphatic heterocycles. The van der Waals surface area contributed by atoms with Crippen LogP contribution < -0.4 is 11.1 Å². The van der Waals surface area contributed by atoms with Gasteiger partial charge in [0, 0.05) is 23.7 Å². The topological polar surface area (TPSA) is 77.2 Å². The lowest BCUT2D eigenvalue weighted by molar-refractivity contribution is -0.133. The number of anilines is 2. The van der Waals surface area contributed by atoms with Gasteiger partial charge in [-0.15, -0.1) is 11.3 Å². The molecule has 0 radical (unpaired) electrons. The Morgan fingerprint density at radius 3 is 2.85 bits per heavy atom. The molecule has 0 aliphatic carbocycles. The number of nitrogen functional groups attached to an aromatic ring is 1. The third-order valence-electron chi connectivity index (χ3n) is 2.96. The van der Waals surface area contributed by atoms with Gasteiger partial charge in [0.25, 0.3) is 5.91 Å². The van der Waals surface area contributed by atoms with Crippen molar-refractivity contribution < 1.29 is 9.53 Å². The van der Waals surface area contributed by atoms with E-state index in [9.17, 15) is 4.79 Å². The van der Waals surface area contributed by atoms with Crippen LogP contribution in [0.15, 0.2) is 29.6 Å². The molecule has 0 unspecified atom stereocenters. The van der Waals surface area contributed by atoms with Gasteiger partial charge in [0.05, 0.1) is 5.69 Å². The van der Waals surface area contributed by atoms with Crippen molar-refractivity contribution in [2.45, 2.75) is 19.4 Å². The molecule has 0 fully saturated rings. The number of hydrogen-bond donors (Lipinski definition) is 2. The molecular formula is C14H17N3O2S. The molecule has 1 aromatic heterocycles. The first-order valence-electron chi connectivity index (χ1n) is 6.10. The van der Waals surface area contributed by atoms with Gasteiger partial charge in [-0.05, 0) is 26.0 Å².